The number of carbonyl (C=O) groups is 3. The molecule has 1 aromatic carbocycles. The van der Waals surface area contributed by atoms with Crippen LogP contribution in [0.4, 0.5) is 0 Å². The third kappa shape index (κ3) is 3.81. The van der Waals surface area contributed by atoms with E-state index in [0.29, 0.717) is 18.8 Å². The highest BCUT2D eigenvalue weighted by Gasteiger charge is 2.29. The zero-order valence-corrected chi connectivity index (χ0v) is 14.4. The van der Waals surface area contributed by atoms with E-state index in [2.05, 4.69) is 10.3 Å². The number of hydrogen-bond acceptors (Lipinski definition) is 3. The van der Waals surface area contributed by atoms with E-state index < -0.39 is 0 Å². The van der Waals surface area contributed by atoms with Gasteiger partial charge in [-0.25, -0.2) is 0 Å². The number of aromatic amines is 1. The van der Waals surface area contributed by atoms with Gasteiger partial charge in [0.1, 0.15) is 12.2 Å². The van der Waals surface area contributed by atoms with E-state index in [4.69, 9.17) is 0 Å². The molecule has 2 N–H and O–H groups in total. The van der Waals surface area contributed by atoms with Crippen LogP contribution in [0.3, 0.4) is 0 Å². The fraction of sp³-hybridized carbons (Fsp3) is 0.389. The molecule has 0 bridgehead atoms. The minimum atomic E-state index is -0.213. The smallest absolute Gasteiger partial charge is 0.270 e. The molecule has 1 aliphatic rings. The van der Waals surface area contributed by atoms with Gasteiger partial charge in [-0.1, -0.05) is 18.2 Å². The topological polar surface area (TPSA) is 85.5 Å². The Bertz CT molecular complexity index is 779. The van der Waals surface area contributed by atoms with Crippen LogP contribution in [0.5, 0.6) is 0 Å². The van der Waals surface area contributed by atoms with Crippen molar-refractivity contribution in [3.8, 4) is 0 Å². The van der Waals surface area contributed by atoms with Crippen LogP contribution in [0, 0.1) is 0 Å². The first-order valence-electron chi connectivity index (χ1n) is 8.38. The Labute approximate surface area is 146 Å². The maximum atomic E-state index is 12.6. The molecule has 1 saturated heterocycles. The number of H-pyrrole nitrogens is 1. The minimum absolute atomic E-state index is 0.0108. The first-order valence-corrected chi connectivity index (χ1v) is 8.38. The first-order chi connectivity index (χ1) is 11.9. The van der Waals surface area contributed by atoms with Crippen LogP contribution in [-0.4, -0.2) is 64.7 Å². The van der Waals surface area contributed by atoms with Crippen molar-refractivity contribution in [1.29, 1.82) is 0 Å². The zero-order chi connectivity index (χ0) is 18.0. The van der Waals surface area contributed by atoms with Gasteiger partial charge in [0.25, 0.3) is 5.91 Å². The number of hydrogen-bond donors (Lipinski definition) is 2. The van der Waals surface area contributed by atoms with E-state index in [1.807, 2.05) is 38.1 Å². The maximum absolute atomic E-state index is 12.6. The third-order valence-electron chi connectivity index (χ3n) is 4.15. The van der Waals surface area contributed by atoms with Crippen molar-refractivity contribution in [2.45, 2.75) is 19.9 Å². The molecule has 2 aromatic rings. The molecule has 0 atom stereocenters. The van der Waals surface area contributed by atoms with Crippen LogP contribution in [0.1, 0.15) is 24.3 Å². The summed E-state index contributed by atoms with van der Waals surface area (Å²) >= 11 is 0. The molecule has 1 fully saturated rings. The second-order valence-corrected chi connectivity index (χ2v) is 6.53. The van der Waals surface area contributed by atoms with E-state index in [1.54, 1.807) is 6.07 Å². The number of rotatable bonds is 4. The lowest BCUT2D eigenvalue weighted by atomic mass is 10.2. The molecular formula is C18H22N4O3. The second-order valence-electron chi connectivity index (χ2n) is 6.53. The Hall–Kier alpha value is -2.83. The fourth-order valence-electron chi connectivity index (χ4n) is 2.95. The molecule has 25 heavy (non-hydrogen) atoms. The third-order valence-corrected chi connectivity index (χ3v) is 4.15. The quantitative estimate of drug-likeness (QED) is 0.868. The lowest BCUT2D eigenvalue weighted by Crippen LogP contribution is -2.54. The highest BCUT2D eigenvalue weighted by Crippen LogP contribution is 2.17. The molecule has 2 heterocycles. The summed E-state index contributed by atoms with van der Waals surface area (Å²) in [5.41, 5.74) is 1.36. The molecular weight excluding hydrogens is 320 g/mol. The molecule has 7 heteroatoms. The fourth-order valence-corrected chi connectivity index (χ4v) is 2.95. The van der Waals surface area contributed by atoms with Gasteiger partial charge in [0.2, 0.25) is 11.8 Å². The van der Waals surface area contributed by atoms with Crippen LogP contribution in [-0.2, 0) is 9.59 Å². The molecule has 3 rings (SSSR count). The van der Waals surface area contributed by atoms with E-state index in [-0.39, 0.29) is 36.9 Å². The van der Waals surface area contributed by atoms with Gasteiger partial charge < -0.3 is 20.1 Å². The average molecular weight is 342 g/mol. The van der Waals surface area contributed by atoms with Gasteiger partial charge in [0.05, 0.1) is 6.54 Å². The maximum Gasteiger partial charge on any atom is 0.270 e. The van der Waals surface area contributed by atoms with Crippen LogP contribution in [0.25, 0.3) is 10.9 Å². The molecule has 1 aliphatic heterocycles. The predicted octanol–water partition coefficient (Wildman–Crippen LogP) is 0.977. The number of aromatic nitrogens is 1. The summed E-state index contributed by atoms with van der Waals surface area (Å²) in [5, 5.41) is 3.73. The monoisotopic (exact) mass is 342 g/mol. The summed E-state index contributed by atoms with van der Waals surface area (Å²) < 4.78 is 0. The molecule has 0 unspecified atom stereocenters. The normalized spacial score (nSPS) is 15.1. The number of nitrogens with one attached hydrogen (secondary N) is 2. The lowest BCUT2D eigenvalue weighted by Gasteiger charge is -2.33. The van der Waals surface area contributed by atoms with Gasteiger partial charge in [-0.15, -0.1) is 0 Å². The van der Waals surface area contributed by atoms with E-state index in [0.717, 1.165) is 10.9 Å². The summed E-state index contributed by atoms with van der Waals surface area (Å²) in [6, 6.07) is 9.48. The van der Waals surface area contributed by atoms with Crippen molar-refractivity contribution in [3.05, 3.63) is 36.0 Å². The van der Waals surface area contributed by atoms with Gasteiger partial charge in [-0.2, -0.15) is 0 Å². The van der Waals surface area contributed by atoms with Gasteiger partial charge in [0, 0.05) is 30.0 Å². The number of fused-ring (bicyclic) bond motifs is 1. The van der Waals surface area contributed by atoms with Crippen LogP contribution < -0.4 is 5.32 Å². The summed E-state index contributed by atoms with van der Waals surface area (Å²) in [6.45, 7) is 4.53. The van der Waals surface area contributed by atoms with Gasteiger partial charge in [0.15, 0.2) is 0 Å². The Balaban J connectivity index is 1.63. The molecule has 0 radical (unpaired) electrons. The summed E-state index contributed by atoms with van der Waals surface area (Å²) in [4.78, 5) is 42.8. The molecule has 3 amide bonds. The summed E-state index contributed by atoms with van der Waals surface area (Å²) in [7, 11) is 0. The van der Waals surface area contributed by atoms with Gasteiger partial charge in [-0.05, 0) is 26.0 Å². The number of piperazine rings is 1. The Morgan fingerprint density at radius 3 is 2.68 bits per heavy atom. The van der Waals surface area contributed by atoms with Crippen molar-refractivity contribution in [3.63, 3.8) is 0 Å². The average Bonchev–Trinajstić information content (AvgIpc) is 2.99. The van der Waals surface area contributed by atoms with Crippen LogP contribution >= 0.6 is 0 Å². The molecule has 0 spiro atoms. The van der Waals surface area contributed by atoms with E-state index in [1.165, 1.54) is 9.80 Å². The largest absolute Gasteiger partial charge is 0.352 e. The molecule has 0 aliphatic carbocycles. The number of para-hydroxylation sites is 1. The minimum Gasteiger partial charge on any atom is -0.352 e. The Kier molecular flexibility index (Phi) is 4.74. The second kappa shape index (κ2) is 6.96. The first kappa shape index (κ1) is 17.0. The van der Waals surface area contributed by atoms with Gasteiger partial charge in [-0.3, -0.25) is 14.4 Å². The zero-order valence-electron chi connectivity index (χ0n) is 14.4. The van der Waals surface area contributed by atoms with Crippen molar-refractivity contribution in [2.24, 2.45) is 0 Å². The number of benzene rings is 1. The molecule has 1 aromatic heterocycles. The van der Waals surface area contributed by atoms with E-state index in [9.17, 15) is 14.4 Å². The van der Waals surface area contributed by atoms with Gasteiger partial charge >= 0.3 is 0 Å². The number of amides is 3. The molecule has 0 saturated carbocycles. The Morgan fingerprint density at radius 2 is 2.00 bits per heavy atom. The molecule has 132 valence electrons. The van der Waals surface area contributed by atoms with Crippen molar-refractivity contribution >= 4 is 28.6 Å². The van der Waals surface area contributed by atoms with Crippen LogP contribution in [0.2, 0.25) is 0 Å². The van der Waals surface area contributed by atoms with E-state index >= 15 is 0 Å². The summed E-state index contributed by atoms with van der Waals surface area (Å²) in [6.07, 6.45) is 0. The van der Waals surface area contributed by atoms with Crippen molar-refractivity contribution in [1.82, 2.24) is 20.1 Å². The number of nitrogens with zero attached hydrogens (tertiary/aromatic N) is 2. The van der Waals surface area contributed by atoms with Crippen molar-refractivity contribution < 1.29 is 14.4 Å². The SMILES string of the molecule is CC(C)NC(=O)CN1CCN(C(=O)c2cc3ccccc3[nH]2)CC1=O. The summed E-state index contributed by atoms with van der Waals surface area (Å²) in [5.74, 6) is -0.593. The predicted molar refractivity (Wildman–Crippen MR) is 94.1 cm³/mol. The highest BCUT2D eigenvalue weighted by molar-refractivity contribution is 6.00. The van der Waals surface area contributed by atoms with Crippen molar-refractivity contribution in [2.75, 3.05) is 26.2 Å². The van der Waals surface area contributed by atoms with Crippen LogP contribution in [0.15, 0.2) is 30.3 Å². The Morgan fingerprint density at radius 1 is 1.24 bits per heavy atom. The molecule has 7 nitrogen and oxygen atoms in total. The number of carbonyl (C=O) groups excluding carboxylic acids is 3. The lowest BCUT2D eigenvalue weighted by molar-refractivity contribution is -0.139. The highest BCUT2D eigenvalue weighted by atomic mass is 16.2. The standard InChI is InChI=1S/C18H22N4O3/c1-12(2)19-16(23)10-21-7-8-22(11-17(21)24)18(25)15-9-13-5-3-4-6-14(13)20-15/h3-6,9,12,20H,7-8,10-11H2,1-2H3,(H,19,23).